The van der Waals surface area contributed by atoms with Crippen molar-refractivity contribution >= 4 is 21.6 Å². The highest BCUT2D eigenvalue weighted by atomic mass is 35.5. The minimum absolute atomic E-state index is 0.0656. The van der Waals surface area contributed by atoms with Crippen LogP contribution < -0.4 is 9.46 Å². The highest BCUT2D eigenvalue weighted by Gasteiger charge is 2.57. The van der Waals surface area contributed by atoms with Crippen LogP contribution in [0.25, 0.3) is 0 Å². The number of ether oxygens (including phenoxy) is 2. The molecule has 182 valence electrons. The van der Waals surface area contributed by atoms with Gasteiger partial charge in [-0.05, 0) is 92.1 Å². The van der Waals surface area contributed by atoms with Crippen molar-refractivity contribution in [3.63, 3.8) is 0 Å². The number of nitrogens with one attached hydrogen (secondary N) is 1. The lowest BCUT2D eigenvalue weighted by molar-refractivity contribution is -0.135. The van der Waals surface area contributed by atoms with Crippen LogP contribution in [0.15, 0.2) is 47.4 Å². The third-order valence-corrected chi connectivity index (χ3v) is 10.0. The molecule has 2 aliphatic carbocycles. The number of sulfonamides is 1. The summed E-state index contributed by atoms with van der Waals surface area (Å²) >= 11 is 5.96. The second kappa shape index (κ2) is 8.49. The zero-order valence-electron chi connectivity index (χ0n) is 19.4. The van der Waals surface area contributed by atoms with E-state index in [4.69, 9.17) is 21.1 Å². The number of halogens is 1. The molecule has 2 aliphatic heterocycles. The first-order chi connectivity index (χ1) is 16.4. The van der Waals surface area contributed by atoms with Crippen LogP contribution >= 0.6 is 11.6 Å². The van der Waals surface area contributed by atoms with Gasteiger partial charge in [-0.3, -0.25) is 4.90 Å². The van der Waals surface area contributed by atoms with Crippen molar-refractivity contribution in [2.45, 2.75) is 60.6 Å². The summed E-state index contributed by atoms with van der Waals surface area (Å²) in [6.45, 7) is 2.55. The summed E-state index contributed by atoms with van der Waals surface area (Å²) in [5.41, 5.74) is 2.39. The van der Waals surface area contributed by atoms with Crippen molar-refractivity contribution in [3.8, 4) is 5.75 Å². The van der Waals surface area contributed by atoms with E-state index in [1.54, 1.807) is 31.4 Å². The molecule has 34 heavy (non-hydrogen) atoms. The number of hydrogen-bond donors (Lipinski definition) is 1. The summed E-state index contributed by atoms with van der Waals surface area (Å²) in [5, 5.41) is 0.512. The molecule has 0 radical (unpaired) electrons. The van der Waals surface area contributed by atoms with Gasteiger partial charge in [0, 0.05) is 29.1 Å². The van der Waals surface area contributed by atoms with Crippen LogP contribution in [0.5, 0.6) is 5.75 Å². The maximum atomic E-state index is 13.1. The summed E-state index contributed by atoms with van der Waals surface area (Å²) < 4.78 is 41.4. The number of likely N-dealkylation sites (tertiary alicyclic amines) is 1. The number of fused-ring (bicyclic) bond motifs is 1. The first-order valence-electron chi connectivity index (χ1n) is 12.2. The maximum absolute atomic E-state index is 13.1. The molecule has 4 atom stereocenters. The molecule has 2 heterocycles. The molecule has 0 aromatic heterocycles. The number of methoxy groups -OCH3 is 1. The molecule has 4 aliphatic rings. The Balaban J connectivity index is 1.33. The van der Waals surface area contributed by atoms with Crippen LogP contribution in [-0.4, -0.2) is 58.3 Å². The number of piperidine rings is 1. The van der Waals surface area contributed by atoms with Crippen molar-refractivity contribution in [2.75, 3.05) is 26.8 Å². The van der Waals surface area contributed by atoms with Gasteiger partial charge in [0.25, 0.3) is 0 Å². The number of benzene rings is 2. The summed E-state index contributed by atoms with van der Waals surface area (Å²) in [7, 11) is -1.98. The summed E-state index contributed by atoms with van der Waals surface area (Å²) in [6, 6.07) is 12.7. The Morgan fingerprint density at radius 1 is 1.21 bits per heavy atom. The molecule has 2 saturated heterocycles. The van der Waals surface area contributed by atoms with Crippen molar-refractivity contribution in [1.29, 1.82) is 0 Å². The van der Waals surface area contributed by atoms with Crippen molar-refractivity contribution in [1.82, 2.24) is 9.62 Å². The summed E-state index contributed by atoms with van der Waals surface area (Å²) in [6.07, 6.45) is 5.39. The monoisotopic (exact) mass is 502 g/mol. The van der Waals surface area contributed by atoms with Gasteiger partial charge in [-0.2, -0.15) is 0 Å². The Morgan fingerprint density at radius 3 is 2.74 bits per heavy atom. The lowest BCUT2D eigenvalue weighted by Gasteiger charge is -2.59. The van der Waals surface area contributed by atoms with E-state index in [2.05, 4.69) is 21.8 Å². The SMILES string of the molecule is COc1ccc2c(c1)[C@]13CCN(CC4CC4)[C@H](C2)C1OCC(NS(=O)(=O)c1ccc(Cl)cc1)C3. The first-order valence-corrected chi connectivity index (χ1v) is 14.0. The molecular weight excluding hydrogens is 472 g/mol. The molecule has 3 fully saturated rings. The van der Waals surface area contributed by atoms with E-state index in [1.807, 2.05) is 6.07 Å². The summed E-state index contributed by atoms with van der Waals surface area (Å²) in [4.78, 5) is 2.87. The van der Waals surface area contributed by atoms with Gasteiger partial charge in [0.1, 0.15) is 5.75 Å². The van der Waals surface area contributed by atoms with Crippen LogP contribution in [0.1, 0.15) is 36.8 Å². The lowest BCUT2D eigenvalue weighted by atomic mass is 9.58. The lowest BCUT2D eigenvalue weighted by Crippen LogP contribution is -2.68. The van der Waals surface area contributed by atoms with E-state index in [1.165, 1.54) is 24.0 Å². The zero-order valence-corrected chi connectivity index (χ0v) is 20.9. The fraction of sp³-hybridized carbons (Fsp3) is 0.538. The van der Waals surface area contributed by atoms with Gasteiger partial charge in [-0.1, -0.05) is 17.7 Å². The Morgan fingerprint density at radius 2 is 2.00 bits per heavy atom. The van der Waals surface area contributed by atoms with Crippen molar-refractivity contribution in [3.05, 3.63) is 58.6 Å². The predicted molar refractivity (Wildman–Crippen MR) is 131 cm³/mol. The van der Waals surface area contributed by atoms with Crippen LogP contribution in [0.2, 0.25) is 5.02 Å². The van der Waals surface area contributed by atoms with Crippen molar-refractivity contribution in [2.24, 2.45) is 5.92 Å². The van der Waals surface area contributed by atoms with E-state index in [0.717, 1.165) is 44.0 Å². The smallest absolute Gasteiger partial charge is 0.240 e. The number of rotatable bonds is 6. The minimum atomic E-state index is -3.68. The number of hydrogen-bond acceptors (Lipinski definition) is 5. The predicted octanol–water partition coefficient (Wildman–Crippen LogP) is 3.76. The highest BCUT2D eigenvalue weighted by molar-refractivity contribution is 7.89. The maximum Gasteiger partial charge on any atom is 0.240 e. The Bertz CT molecular complexity index is 1180. The number of nitrogens with zero attached hydrogens (tertiary/aromatic N) is 1. The fourth-order valence-electron chi connectivity index (χ4n) is 6.44. The van der Waals surface area contributed by atoms with E-state index >= 15 is 0 Å². The molecular formula is C26H31ClN2O4S. The van der Waals surface area contributed by atoms with E-state index in [0.29, 0.717) is 17.7 Å². The van der Waals surface area contributed by atoms with Gasteiger partial charge in [0.15, 0.2) is 0 Å². The minimum Gasteiger partial charge on any atom is -0.497 e. The van der Waals surface area contributed by atoms with Gasteiger partial charge in [-0.25, -0.2) is 13.1 Å². The van der Waals surface area contributed by atoms with Crippen LogP contribution in [0.3, 0.4) is 0 Å². The molecule has 0 amide bonds. The first kappa shape index (κ1) is 22.8. The highest BCUT2D eigenvalue weighted by Crippen LogP contribution is 2.52. The van der Waals surface area contributed by atoms with E-state index in [9.17, 15) is 8.42 Å². The van der Waals surface area contributed by atoms with Crippen LogP contribution in [0.4, 0.5) is 0 Å². The molecule has 6 nitrogen and oxygen atoms in total. The average molecular weight is 503 g/mol. The van der Waals surface area contributed by atoms with E-state index in [-0.39, 0.29) is 22.5 Å². The average Bonchev–Trinajstić information content (AvgIpc) is 3.64. The van der Waals surface area contributed by atoms with Crippen LogP contribution in [-0.2, 0) is 26.6 Å². The molecule has 1 saturated carbocycles. The van der Waals surface area contributed by atoms with Gasteiger partial charge in [0.2, 0.25) is 10.0 Å². The second-order valence-corrected chi connectivity index (χ2v) is 12.5. The van der Waals surface area contributed by atoms with Gasteiger partial charge >= 0.3 is 0 Å². The topological polar surface area (TPSA) is 67.9 Å². The second-order valence-electron chi connectivity index (χ2n) is 10.4. The molecule has 2 aromatic carbocycles. The molecule has 8 heteroatoms. The Hall–Kier alpha value is -1.64. The van der Waals surface area contributed by atoms with Gasteiger partial charge in [-0.15, -0.1) is 0 Å². The normalized spacial score (nSPS) is 30.9. The largest absolute Gasteiger partial charge is 0.497 e. The molecule has 6 rings (SSSR count). The Kier molecular flexibility index (Phi) is 5.69. The molecule has 0 spiro atoms. The fourth-order valence-corrected chi connectivity index (χ4v) is 7.78. The third kappa shape index (κ3) is 3.95. The molecule has 2 aromatic rings. The van der Waals surface area contributed by atoms with E-state index < -0.39 is 10.0 Å². The molecule has 2 bridgehead atoms. The summed E-state index contributed by atoms with van der Waals surface area (Å²) in [5.74, 6) is 1.67. The van der Waals surface area contributed by atoms with Gasteiger partial charge in [0.05, 0.1) is 24.7 Å². The van der Waals surface area contributed by atoms with Crippen molar-refractivity contribution < 1.29 is 17.9 Å². The van der Waals surface area contributed by atoms with Crippen LogP contribution in [0, 0.1) is 5.92 Å². The van der Waals surface area contributed by atoms with Gasteiger partial charge < -0.3 is 9.47 Å². The zero-order chi connectivity index (χ0) is 23.5. The standard InChI is InChI=1S/C26H31ClN2O4S/c1-32-21-7-4-18-12-24-25-26(23(18)13-21,10-11-29(24)15-17-2-3-17)14-20(16-33-25)28-34(30,31)22-8-5-19(27)6-9-22/h4-9,13,17,20,24-25,28H,2-3,10-12,14-16H2,1H3/t20?,24-,25?,26-/m1/s1. The third-order valence-electron chi connectivity index (χ3n) is 8.21. The molecule has 2 unspecified atom stereocenters. The molecule has 1 N–H and O–H groups in total. The Labute approximate surface area is 206 Å². The quantitative estimate of drug-likeness (QED) is 0.651.